The number of rotatable bonds is 7. The minimum Gasteiger partial charge on any atom is -0.478 e. The van der Waals surface area contributed by atoms with Gasteiger partial charge in [-0.25, -0.2) is 9.18 Å². The first kappa shape index (κ1) is 15.8. The molecule has 0 aromatic heterocycles. The lowest BCUT2D eigenvalue weighted by Gasteiger charge is -2.22. The SMILES string of the molecule is CCN(CCCO)c1cc(C(=O)O)c(F)cc1[N+](=O)[O-]. The lowest BCUT2D eigenvalue weighted by molar-refractivity contribution is -0.384. The average molecular weight is 286 g/mol. The summed E-state index contributed by atoms with van der Waals surface area (Å²) >= 11 is 0. The Labute approximate surface area is 114 Å². The van der Waals surface area contributed by atoms with Crippen molar-refractivity contribution < 1.29 is 24.3 Å². The van der Waals surface area contributed by atoms with Crippen molar-refractivity contribution >= 4 is 17.3 Å². The van der Waals surface area contributed by atoms with E-state index < -0.39 is 28.0 Å². The molecule has 1 aromatic rings. The van der Waals surface area contributed by atoms with Crippen molar-refractivity contribution in [3.8, 4) is 0 Å². The van der Waals surface area contributed by atoms with E-state index in [1.165, 1.54) is 4.90 Å². The van der Waals surface area contributed by atoms with E-state index in [1.807, 2.05) is 0 Å². The number of nitrogens with zero attached hydrogens (tertiary/aromatic N) is 2. The van der Waals surface area contributed by atoms with Gasteiger partial charge >= 0.3 is 5.97 Å². The normalized spacial score (nSPS) is 10.3. The molecule has 0 saturated carbocycles. The number of anilines is 1. The van der Waals surface area contributed by atoms with E-state index in [4.69, 9.17) is 10.2 Å². The smallest absolute Gasteiger partial charge is 0.338 e. The summed E-state index contributed by atoms with van der Waals surface area (Å²) in [7, 11) is 0. The molecule has 110 valence electrons. The fraction of sp³-hybridized carbons (Fsp3) is 0.417. The monoisotopic (exact) mass is 286 g/mol. The molecule has 1 aromatic carbocycles. The average Bonchev–Trinajstić information content (AvgIpc) is 2.39. The molecule has 2 N–H and O–H groups in total. The lowest BCUT2D eigenvalue weighted by atomic mass is 10.1. The predicted octanol–water partition coefficient (Wildman–Crippen LogP) is 1.64. The van der Waals surface area contributed by atoms with Crippen molar-refractivity contribution in [1.82, 2.24) is 0 Å². The molecule has 0 fully saturated rings. The van der Waals surface area contributed by atoms with E-state index >= 15 is 0 Å². The summed E-state index contributed by atoms with van der Waals surface area (Å²) in [5.74, 6) is -2.64. The van der Waals surface area contributed by atoms with Gasteiger partial charge in [-0.3, -0.25) is 10.1 Å². The van der Waals surface area contributed by atoms with Gasteiger partial charge in [0.05, 0.1) is 16.6 Å². The zero-order chi connectivity index (χ0) is 15.3. The molecule has 0 unspecified atom stereocenters. The van der Waals surface area contributed by atoms with E-state index in [9.17, 15) is 19.3 Å². The maximum Gasteiger partial charge on any atom is 0.338 e. The quantitative estimate of drug-likeness (QED) is 0.583. The van der Waals surface area contributed by atoms with Crippen LogP contribution < -0.4 is 4.90 Å². The van der Waals surface area contributed by atoms with E-state index in [0.717, 1.165) is 6.07 Å². The highest BCUT2D eigenvalue weighted by Gasteiger charge is 2.24. The van der Waals surface area contributed by atoms with Crippen LogP contribution in [0.25, 0.3) is 0 Å². The summed E-state index contributed by atoms with van der Waals surface area (Å²) in [4.78, 5) is 22.6. The topological polar surface area (TPSA) is 104 Å². The Morgan fingerprint density at radius 3 is 2.60 bits per heavy atom. The van der Waals surface area contributed by atoms with Crippen molar-refractivity contribution in [1.29, 1.82) is 0 Å². The Kier molecular flexibility index (Phi) is 5.39. The number of carbonyl (C=O) groups is 1. The van der Waals surface area contributed by atoms with Gasteiger partial charge in [0.1, 0.15) is 11.5 Å². The number of benzene rings is 1. The molecule has 0 aliphatic carbocycles. The van der Waals surface area contributed by atoms with Gasteiger partial charge in [0.2, 0.25) is 0 Å². The minimum absolute atomic E-state index is 0.0322. The highest BCUT2D eigenvalue weighted by atomic mass is 19.1. The summed E-state index contributed by atoms with van der Waals surface area (Å²) in [5.41, 5.74) is -1.08. The first-order chi connectivity index (χ1) is 9.42. The highest BCUT2D eigenvalue weighted by Crippen LogP contribution is 2.31. The van der Waals surface area contributed by atoms with E-state index in [0.29, 0.717) is 25.6 Å². The fourth-order valence-corrected chi connectivity index (χ4v) is 1.83. The molecule has 0 amide bonds. The van der Waals surface area contributed by atoms with Gasteiger partial charge in [-0.05, 0) is 19.4 Å². The zero-order valence-electron chi connectivity index (χ0n) is 10.9. The number of hydrogen-bond donors (Lipinski definition) is 2. The Balaban J connectivity index is 3.35. The fourth-order valence-electron chi connectivity index (χ4n) is 1.83. The molecule has 8 heteroatoms. The zero-order valence-corrected chi connectivity index (χ0v) is 10.9. The number of aliphatic hydroxyl groups excluding tert-OH is 1. The maximum atomic E-state index is 13.5. The summed E-state index contributed by atoms with van der Waals surface area (Å²) < 4.78 is 13.5. The van der Waals surface area contributed by atoms with Crippen molar-refractivity contribution in [3.05, 3.63) is 33.6 Å². The number of nitro groups is 1. The standard InChI is InChI=1S/C12H15FN2O5/c1-2-14(4-3-5-16)10-6-8(12(17)18)9(13)7-11(10)15(19)20/h6-7,16H,2-5H2,1H3,(H,17,18). The summed E-state index contributed by atoms with van der Waals surface area (Å²) in [5, 5.41) is 28.7. The molecule has 1 rings (SSSR count). The van der Waals surface area contributed by atoms with E-state index in [-0.39, 0.29) is 12.3 Å². The van der Waals surface area contributed by atoms with Crippen LogP contribution in [0.15, 0.2) is 12.1 Å². The van der Waals surface area contributed by atoms with Crippen LogP contribution in [0.1, 0.15) is 23.7 Å². The molecule has 0 bridgehead atoms. The van der Waals surface area contributed by atoms with Gasteiger partial charge in [0, 0.05) is 19.7 Å². The van der Waals surface area contributed by atoms with Gasteiger partial charge in [-0.2, -0.15) is 0 Å². The molecule has 0 aliphatic rings. The van der Waals surface area contributed by atoms with Crippen LogP contribution in [0.3, 0.4) is 0 Å². The first-order valence-electron chi connectivity index (χ1n) is 5.99. The third-order valence-corrected chi connectivity index (χ3v) is 2.80. The minimum atomic E-state index is -1.49. The van der Waals surface area contributed by atoms with Crippen LogP contribution in [0.2, 0.25) is 0 Å². The summed E-state index contributed by atoms with van der Waals surface area (Å²) in [6.45, 7) is 2.30. The molecular formula is C12H15FN2O5. The van der Waals surface area contributed by atoms with Crippen LogP contribution in [0.4, 0.5) is 15.8 Å². The third kappa shape index (κ3) is 3.41. The molecule has 0 atom stereocenters. The molecular weight excluding hydrogens is 271 g/mol. The van der Waals surface area contributed by atoms with Crippen LogP contribution >= 0.6 is 0 Å². The number of hydrogen-bond acceptors (Lipinski definition) is 5. The third-order valence-electron chi connectivity index (χ3n) is 2.80. The number of aliphatic hydroxyl groups is 1. The van der Waals surface area contributed by atoms with Gasteiger partial charge in [-0.1, -0.05) is 0 Å². The second-order valence-electron chi connectivity index (χ2n) is 4.04. The first-order valence-corrected chi connectivity index (χ1v) is 5.99. The molecule has 0 saturated heterocycles. The summed E-state index contributed by atoms with van der Waals surface area (Å²) in [6.07, 6.45) is 0.366. The van der Waals surface area contributed by atoms with Gasteiger partial charge in [0.25, 0.3) is 5.69 Å². The Hall–Kier alpha value is -2.22. The lowest BCUT2D eigenvalue weighted by Crippen LogP contribution is -2.26. The second kappa shape index (κ2) is 6.80. The van der Waals surface area contributed by atoms with E-state index in [2.05, 4.69) is 0 Å². The van der Waals surface area contributed by atoms with Crippen molar-refractivity contribution in [2.45, 2.75) is 13.3 Å². The largest absolute Gasteiger partial charge is 0.478 e. The van der Waals surface area contributed by atoms with Crippen LogP contribution in [0, 0.1) is 15.9 Å². The van der Waals surface area contributed by atoms with E-state index in [1.54, 1.807) is 6.92 Å². The van der Waals surface area contributed by atoms with Crippen LogP contribution in [0.5, 0.6) is 0 Å². The molecule has 0 radical (unpaired) electrons. The van der Waals surface area contributed by atoms with Crippen molar-refractivity contribution in [3.63, 3.8) is 0 Å². The maximum absolute atomic E-state index is 13.5. The van der Waals surface area contributed by atoms with Crippen LogP contribution in [-0.2, 0) is 0 Å². The van der Waals surface area contributed by atoms with Crippen molar-refractivity contribution in [2.75, 3.05) is 24.6 Å². The summed E-state index contributed by atoms with van der Waals surface area (Å²) in [6, 6.07) is 1.57. The number of nitro benzene ring substituents is 1. The Bertz CT molecular complexity index is 521. The van der Waals surface area contributed by atoms with Crippen LogP contribution in [-0.4, -0.2) is 40.8 Å². The highest BCUT2D eigenvalue weighted by molar-refractivity contribution is 5.90. The van der Waals surface area contributed by atoms with Gasteiger partial charge in [-0.15, -0.1) is 0 Å². The van der Waals surface area contributed by atoms with Gasteiger partial charge < -0.3 is 15.1 Å². The molecule has 0 spiro atoms. The predicted molar refractivity (Wildman–Crippen MR) is 69.6 cm³/mol. The molecule has 0 aliphatic heterocycles. The molecule has 20 heavy (non-hydrogen) atoms. The number of carboxylic acids is 1. The Morgan fingerprint density at radius 1 is 1.50 bits per heavy atom. The number of aromatic carboxylic acids is 1. The Morgan fingerprint density at radius 2 is 2.15 bits per heavy atom. The van der Waals surface area contributed by atoms with Crippen molar-refractivity contribution in [2.24, 2.45) is 0 Å². The number of carboxylic acid groups (broad SMARTS) is 1. The second-order valence-corrected chi connectivity index (χ2v) is 4.04. The molecule has 7 nitrogen and oxygen atoms in total. The molecule has 0 heterocycles. The number of halogens is 1. The van der Waals surface area contributed by atoms with Gasteiger partial charge in [0.15, 0.2) is 0 Å².